The number of benzene rings is 1. The van der Waals surface area contributed by atoms with E-state index in [1.54, 1.807) is 6.33 Å². The molecule has 1 aromatic carbocycles. The van der Waals surface area contributed by atoms with Gasteiger partial charge in [-0.25, -0.2) is 4.98 Å². The van der Waals surface area contributed by atoms with Crippen LogP contribution in [0, 0.1) is 0 Å². The second kappa shape index (κ2) is 7.57. The lowest BCUT2D eigenvalue weighted by molar-refractivity contribution is -0.130. The first-order chi connectivity index (χ1) is 12.7. The Balaban J connectivity index is 1.31. The number of hydrogen-bond acceptors (Lipinski definition) is 5. The van der Waals surface area contributed by atoms with E-state index in [4.69, 9.17) is 9.47 Å². The van der Waals surface area contributed by atoms with Crippen molar-refractivity contribution in [1.82, 2.24) is 20.2 Å². The molecule has 2 aliphatic rings. The topological polar surface area (TPSA) is 79.5 Å². The Hall–Kier alpha value is -2.22. The molecule has 0 saturated carbocycles. The number of hydrogen-bond donors (Lipinski definition) is 2. The zero-order chi connectivity index (χ0) is 17.8. The van der Waals surface area contributed by atoms with Crippen molar-refractivity contribution in [2.45, 2.75) is 31.2 Å². The van der Waals surface area contributed by atoms with Gasteiger partial charge < -0.3 is 19.8 Å². The number of nitrogens with zero attached hydrogens (tertiary/aromatic N) is 2. The molecule has 1 aromatic heterocycles. The average Bonchev–Trinajstić information content (AvgIpc) is 3.31. The van der Waals surface area contributed by atoms with Crippen LogP contribution in [0.4, 0.5) is 0 Å². The smallest absolute Gasteiger partial charge is 0.249 e. The van der Waals surface area contributed by atoms with E-state index < -0.39 is 11.7 Å². The molecule has 2 atom stereocenters. The summed E-state index contributed by atoms with van der Waals surface area (Å²) < 4.78 is 11.8. The molecule has 0 radical (unpaired) electrons. The van der Waals surface area contributed by atoms with Crippen molar-refractivity contribution in [3.63, 3.8) is 0 Å². The predicted octanol–water partition coefficient (Wildman–Crippen LogP) is 1.09. The summed E-state index contributed by atoms with van der Waals surface area (Å²) in [5.41, 5.74) is 1.76. The Labute approximate surface area is 152 Å². The first-order valence-corrected chi connectivity index (χ1v) is 8.99. The largest absolute Gasteiger partial charge is 0.370 e. The van der Waals surface area contributed by atoms with E-state index in [0.29, 0.717) is 26.2 Å². The maximum atomic E-state index is 12.5. The van der Waals surface area contributed by atoms with Crippen molar-refractivity contribution >= 4 is 5.91 Å². The average molecular weight is 356 g/mol. The third kappa shape index (κ3) is 3.95. The summed E-state index contributed by atoms with van der Waals surface area (Å²) in [6.07, 6.45) is 3.67. The highest BCUT2D eigenvalue weighted by Gasteiger charge is 2.46. The van der Waals surface area contributed by atoms with Crippen LogP contribution in [0.2, 0.25) is 0 Å². The summed E-state index contributed by atoms with van der Waals surface area (Å²) in [5.74, 6) is -0.0694. The number of nitrogens with one attached hydrogen (secondary N) is 2. The molecule has 138 valence electrons. The van der Waals surface area contributed by atoms with Crippen molar-refractivity contribution in [2.75, 3.05) is 26.3 Å². The summed E-state index contributed by atoms with van der Waals surface area (Å²) in [5, 5.41) is 2.96. The fraction of sp³-hybridized carbons (Fsp3) is 0.474. The number of aromatic nitrogens is 2. The molecule has 2 saturated heterocycles. The molecule has 7 heteroatoms. The molecule has 7 nitrogen and oxygen atoms in total. The van der Waals surface area contributed by atoms with Crippen molar-refractivity contribution in [2.24, 2.45) is 0 Å². The van der Waals surface area contributed by atoms with Crippen molar-refractivity contribution < 1.29 is 14.3 Å². The van der Waals surface area contributed by atoms with E-state index in [1.807, 2.05) is 36.5 Å². The van der Waals surface area contributed by atoms with Crippen LogP contribution in [0.5, 0.6) is 0 Å². The summed E-state index contributed by atoms with van der Waals surface area (Å²) in [7, 11) is 0. The monoisotopic (exact) mass is 356 g/mol. The van der Waals surface area contributed by atoms with Crippen LogP contribution >= 0.6 is 0 Å². The quantitative estimate of drug-likeness (QED) is 0.838. The molecule has 1 amide bonds. The molecular formula is C19H24N4O3. The predicted molar refractivity (Wildman–Crippen MR) is 95.2 cm³/mol. The third-order valence-corrected chi connectivity index (χ3v) is 4.98. The van der Waals surface area contributed by atoms with E-state index in [1.165, 1.54) is 0 Å². The molecule has 2 aromatic rings. The van der Waals surface area contributed by atoms with Gasteiger partial charge in [-0.3, -0.25) is 9.69 Å². The van der Waals surface area contributed by atoms with Gasteiger partial charge in [0.15, 0.2) is 0 Å². The molecule has 0 aliphatic carbocycles. The molecular weight excluding hydrogens is 332 g/mol. The molecule has 2 unspecified atom stereocenters. The Kier molecular flexibility index (Phi) is 5.01. The van der Waals surface area contributed by atoms with Crippen LogP contribution < -0.4 is 5.32 Å². The maximum Gasteiger partial charge on any atom is 0.249 e. The van der Waals surface area contributed by atoms with Crippen LogP contribution in [0.1, 0.15) is 17.7 Å². The fourth-order valence-electron chi connectivity index (χ4n) is 3.66. The van der Waals surface area contributed by atoms with Gasteiger partial charge in [-0.2, -0.15) is 0 Å². The zero-order valence-corrected chi connectivity index (χ0v) is 14.7. The van der Waals surface area contributed by atoms with E-state index in [0.717, 1.165) is 30.9 Å². The molecule has 3 heterocycles. The van der Waals surface area contributed by atoms with Crippen molar-refractivity contribution in [1.29, 1.82) is 0 Å². The van der Waals surface area contributed by atoms with Crippen molar-refractivity contribution in [3.05, 3.63) is 54.1 Å². The molecule has 26 heavy (non-hydrogen) atoms. The number of amides is 1. The fourth-order valence-corrected chi connectivity index (χ4v) is 3.66. The second-order valence-electron chi connectivity index (χ2n) is 7.03. The number of ether oxygens (including phenoxy) is 2. The highest BCUT2D eigenvalue weighted by atomic mass is 16.6. The van der Waals surface area contributed by atoms with Crippen molar-refractivity contribution in [3.8, 4) is 0 Å². The molecule has 0 bridgehead atoms. The molecule has 1 spiro atoms. The number of rotatable bonds is 5. The number of H-pyrrole nitrogens is 1. The van der Waals surface area contributed by atoms with Gasteiger partial charge in [-0.05, 0) is 5.56 Å². The van der Waals surface area contributed by atoms with Gasteiger partial charge in [0.05, 0.1) is 19.5 Å². The second-order valence-corrected chi connectivity index (χ2v) is 7.03. The van der Waals surface area contributed by atoms with Crippen LogP contribution in [0.25, 0.3) is 0 Å². The molecule has 2 fully saturated rings. The summed E-state index contributed by atoms with van der Waals surface area (Å²) in [4.78, 5) is 22.0. The lowest BCUT2D eigenvalue weighted by atomic mass is 9.97. The van der Waals surface area contributed by atoms with Crippen LogP contribution in [0.3, 0.4) is 0 Å². The summed E-state index contributed by atoms with van der Waals surface area (Å²) in [6.45, 7) is 4.04. The Morgan fingerprint density at radius 1 is 1.38 bits per heavy atom. The third-order valence-electron chi connectivity index (χ3n) is 4.98. The Morgan fingerprint density at radius 3 is 3.08 bits per heavy atom. The van der Waals surface area contributed by atoms with Gasteiger partial charge in [0.25, 0.3) is 0 Å². The number of morpholine rings is 1. The summed E-state index contributed by atoms with van der Waals surface area (Å²) in [6, 6.07) is 9.88. The minimum Gasteiger partial charge on any atom is -0.370 e. The molecule has 4 rings (SSSR count). The van der Waals surface area contributed by atoms with Crippen LogP contribution in [-0.4, -0.2) is 58.8 Å². The SMILES string of the molecule is O=C(NCc1ccccc1)C1CC2(CO1)CN(Cc1cnc[nH]1)CCO2. The maximum absolute atomic E-state index is 12.5. The van der Waals surface area contributed by atoms with E-state index >= 15 is 0 Å². The first-order valence-electron chi connectivity index (χ1n) is 8.99. The highest BCUT2D eigenvalue weighted by molar-refractivity contribution is 5.81. The van der Waals surface area contributed by atoms with Gasteiger partial charge in [0.2, 0.25) is 5.91 Å². The minimum absolute atomic E-state index is 0.0694. The van der Waals surface area contributed by atoms with Gasteiger partial charge >= 0.3 is 0 Å². The standard InChI is InChI=1S/C19H24N4O3/c24-18(21-9-15-4-2-1-3-5-15)17-8-19(13-25-17)12-23(6-7-26-19)11-16-10-20-14-22-16/h1-5,10,14,17H,6-9,11-13H2,(H,20,22)(H,21,24). The van der Waals surface area contributed by atoms with Gasteiger partial charge in [-0.1, -0.05) is 30.3 Å². The number of carbonyl (C=O) groups is 1. The van der Waals surface area contributed by atoms with E-state index in [9.17, 15) is 4.79 Å². The number of aromatic amines is 1. The Bertz CT molecular complexity index is 722. The summed E-state index contributed by atoms with van der Waals surface area (Å²) >= 11 is 0. The van der Waals surface area contributed by atoms with Gasteiger partial charge in [0, 0.05) is 44.5 Å². The lowest BCUT2D eigenvalue weighted by Gasteiger charge is -2.39. The highest BCUT2D eigenvalue weighted by Crippen LogP contribution is 2.32. The van der Waals surface area contributed by atoms with Crippen LogP contribution in [-0.2, 0) is 27.4 Å². The van der Waals surface area contributed by atoms with Gasteiger partial charge in [0.1, 0.15) is 11.7 Å². The number of imidazole rings is 1. The molecule has 2 aliphatic heterocycles. The number of carbonyl (C=O) groups excluding carboxylic acids is 1. The van der Waals surface area contributed by atoms with E-state index in [2.05, 4.69) is 20.2 Å². The van der Waals surface area contributed by atoms with Gasteiger partial charge in [-0.15, -0.1) is 0 Å². The Morgan fingerprint density at radius 2 is 2.27 bits per heavy atom. The zero-order valence-electron chi connectivity index (χ0n) is 14.7. The normalized spacial score (nSPS) is 26.2. The van der Waals surface area contributed by atoms with E-state index in [-0.39, 0.29) is 5.91 Å². The lowest BCUT2D eigenvalue weighted by Crippen LogP contribution is -2.52. The van der Waals surface area contributed by atoms with Crippen LogP contribution in [0.15, 0.2) is 42.9 Å². The first kappa shape index (κ1) is 17.2. The molecule has 2 N–H and O–H groups in total. The minimum atomic E-state index is -0.453.